The number of hydrogen-bond acceptors (Lipinski definition) is 3. The van der Waals surface area contributed by atoms with E-state index in [4.69, 9.17) is 21.1 Å². The molecule has 106 valence electrons. The van der Waals surface area contributed by atoms with Crippen LogP contribution >= 0.6 is 27.5 Å². The van der Waals surface area contributed by atoms with Crippen molar-refractivity contribution in [1.82, 2.24) is 9.97 Å². The Labute approximate surface area is 134 Å². The molecule has 1 aliphatic rings. The fourth-order valence-electron chi connectivity index (χ4n) is 2.37. The number of rotatable bonds is 1. The fraction of sp³-hybridized carbons (Fsp3) is 0.133. The third-order valence-electron chi connectivity index (χ3n) is 3.28. The van der Waals surface area contributed by atoms with E-state index < -0.39 is 0 Å². The van der Waals surface area contributed by atoms with Gasteiger partial charge in [0.15, 0.2) is 11.5 Å². The lowest BCUT2D eigenvalue weighted by Crippen LogP contribution is -2.15. The van der Waals surface area contributed by atoms with E-state index in [1.54, 1.807) is 0 Å². The molecule has 0 saturated carbocycles. The van der Waals surface area contributed by atoms with Crippen LogP contribution in [0, 0.1) is 0 Å². The van der Waals surface area contributed by atoms with Gasteiger partial charge in [-0.05, 0) is 18.2 Å². The first-order valence-electron chi connectivity index (χ1n) is 6.45. The molecule has 2 aromatic carbocycles. The van der Waals surface area contributed by atoms with Gasteiger partial charge in [0.2, 0.25) is 0 Å². The Bertz CT molecular complexity index is 784. The van der Waals surface area contributed by atoms with Crippen molar-refractivity contribution in [2.24, 2.45) is 0 Å². The number of imidazole rings is 1. The highest BCUT2D eigenvalue weighted by Gasteiger charge is 2.15. The molecule has 21 heavy (non-hydrogen) atoms. The van der Waals surface area contributed by atoms with Crippen molar-refractivity contribution in [2.45, 2.75) is 0 Å². The molecule has 4 nitrogen and oxygen atoms in total. The van der Waals surface area contributed by atoms with Crippen molar-refractivity contribution in [3.05, 3.63) is 39.8 Å². The van der Waals surface area contributed by atoms with Gasteiger partial charge in [-0.1, -0.05) is 27.5 Å². The maximum atomic E-state index is 6.09. The number of H-pyrrole nitrogens is 1. The van der Waals surface area contributed by atoms with Crippen molar-refractivity contribution in [2.75, 3.05) is 13.2 Å². The topological polar surface area (TPSA) is 47.1 Å². The number of nitrogens with one attached hydrogen (secondary N) is 1. The van der Waals surface area contributed by atoms with E-state index in [0.717, 1.165) is 38.4 Å². The number of aromatic nitrogens is 2. The Morgan fingerprint density at radius 2 is 1.81 bits per heavy atom. The van der Waals surface area contributed by atoms with Crippen LogP contribution in [0.15, 0.2) is 34.8 Å². The molecule has 6 heteroatoms. The predicted octanol–water partition coefficient (Wildman–Crippen LogP) is 4.42. The van der Waals surface area contributed by atoms with Gasteiger partial charge in [0.25, 0.3) is 0 Å². The lowest BCUT2D eigenvalue weighted by Gasteiger charge is -2.17. The molecule has 2 heterocycles. The molecule has 0 saturated heterocycles. The van der Waals surface area contributed by atoms with E-state index in [9.17, 15) is 0 Å². The predicted molar refractivity (Wildman–Crippen MR) is 85.2 cm³/mol. The normalized spacial score (nSPS) is 13.6. The highest BCUT2D eigenvalue weighted by Crippen LogP contribution is 2.35. The van der Waals surface area contributed by atoms with Crippen LogP contribution in [0.25, 0.3) is 22.4 Å². The SMILES string of the molecule is Clc1cc(Br)cc(-c2nc3cc4c(cc3[nH]2)OCCO4)c1. The zero-order chi connectivity index (χ0) is 14.4. The van der Waals surface area contributed by atoms with Crippen molar-refractivity contribution in [3.63, 3.8) is 0 Å². The summed E-state index contributed by atoms with van der Waals surface area (Å²) in [6.45, 7) is 1.14. The first-order chi connectivity index (χ1) is 10.2. The molecule has 3 aromatic rings. The van der Waals surface area contributed by atoms with Crippen molar-refractivity contribution in [3.8, 4) is 22.9 Å². The van der Waals surface area contributed by atoms with Crippen LogP contribution < -0.4 is 9.47 Å². The van der Waals surface area contributed by atoms with Gasteiger partial charge in [0, 0.05) is 27.2 Å². The lowest BCUT2D eigenvalue weighted by molar-refractivity contribution is 0.172. The van der Waals surface area contributed by atoms with E-state index in [-0.39, 0.29) is 0 Å². The zero-order valence-corrected chi connectivity index (χ0v) is 13.2. The zero-order valence-electron chi connectivity index (χ0n) is 10.8. The highest BCUT2D eigenvalue weighted by atomic mass is 79.9. The monoisotopic (exact) mass is 364 g/mol. The first-order valence-corrected chi connectivity index (χ1v) is 7.62. The number of benzene rings is 2. The average Bonchev–Trinajstić information content (AvgIpc) is 2.86. The smallest absolute Gasteiger partial charge is 0.163 e. The summed E-state index contributed by atoms with van der Waals surface area (Å²) in [5, 5.41) is 0.658. The van der Waals surface area contributed by atoms with Crippen LogP contribution in [0.1, 0.15) is 0 Å². The van der Waals surface area contributed by atoms with Gasteiger partial charge in [0.1, 0.15) is 19.0 Å². The minimum atomic E-state index is 0.566. The number of halogens is 2. The molecule has 1 N–H and O–H groups in total. The summed E-state index contributed by atoms with van der Waals surface area (Å²) >= 11 is 9.53. The molecule has 4 rings (SSSR count). The van der Waals surface area contributed by atoms with Gasteiger partial charge in [-0.2, -0.15) is 0 Å². The van der Waals surface area contributed by atoms with Crippen LogP contribution in [-0.4, -0.2) is 23.2 Å². The third kappa shape index (κ3) is 2.36. The number of hydrogen-bond donors (Lipinski definition) is 1. The Balaban J connectivity index is 1.86. The van der Waals surface area contributed by atoms with Crippen LogP contribution in [-0.2, 0) is 0 Å². The summed E-state index contributed by atoms with van der Waals surface area (Å²) in [7, 11) is 0. The van der Waals surface area contributed by atoms with Gasteiger partial charge >= 0.3 is 0 Å². The Hall–Kier alpha value is -1.72. The summed E-state index contributed by atoms with van der Waals surface area (Å²) in [5.41, 5.74) is 2.67. The highest BCUT2D eigenvalue weighted by molar-refractivity contribution is 9.10. The van der Waals surface area contributed by atoms with Crippen LogP contribution in [0.2, 0.25) is 5.02 Å². The molecule has 1 aliphatic heterocycles. The van der Waals surface area contributed by atoms with E-state index in [2.05, 4.69) is 25.9 Å². The molecule has 0 amide bonds. The summed E-state index contributed by atoms with van der Waals surface area (Å²) in [6, 6.07) is 9.49. The Kier molecular flexibility index (Phi) is 3.05. The Morgan fingerprint density at radius 1 is 1.05 bits per heavy atom. The Morgan fingerprint density at radius 3 is 2.57 bits per heavy atom. The van der Waals surface area contributed by atoms with Crippen LogP contribution in [0.4, 0.5) is 0 Å². The fourth-order valence-corrected chi connectivity index (χ4v) is 3.23. The molecule has 0 unspecified atom stereocenters. The summed E-state index contributed by atoms with van der Waals surface area (Å²) in [5.74, 6) is 2.24. The minimum Gasteiger partial charge on any atom is -0.486 e. The molecular formula is C15H10BrClN2O2. The summed E-state index contributed by atoms with van der Waals surface area (Å²) in [6.07, 6.45) is 0. The second-order valence-electron chi connectivity index (χ2n) is 4.76. The van der Waals surface area contributed by atoms with E-state index in [1.807, 2.05) is 30.3 Å². The van der Waals surface area contributed by atoms with E-state index in [0.29, 0.717) is 18.2 Å². The second kappa shape index (κ2) is 4.93. The van der Waals surface area contributed by atoms with Crippen LogP contribution in [0.5, 0.6) is 11.5 Å². The van der Waals surface area contributed by atoms with Gasteiger partial charge in [-0.15, -0.1) is 0 Å². The van der Waals surface area contributed by atoms with Gasteiger partial charge < -0.3 is 14.5 Å². The first kappa shape index (κ1) is 13.0. The van der Waals surface area contributed by atoms with Gasteiger partial charge in [-0.3, -0.25) is 0 Å². The van der Waals surface area contributed by atoms with Crippen molar-refractivity contribution < 1.29 is 9.47 Å². The van der Waals surface area contributed by atoms with Gasteiger partial charge in [0.05, 0.1) is 11.0 Å². The molecular weight excluding hydrogens is 356 g/mol. The number of fused-ring (bicyclic) bond motifs is 2. The number of nitrogens with zero attached hydrogens (tertiary/aromatic N) is 1. The molecule has 0 aliphatic carbocycles. The number of ether oxygens (including phenoxy) is 2. The van der Waals surface area contributed by atoms with E-state index in [1.165, 1.54) is 0 Å². The minimum absolute atomic E-state index is 0.566. The van der Waals surface area contributed by atoms with Gasteiger partial charge in [-0.25, -0.2) is 4.98 Å². The quantitative estimate of drug-likeness (QED) is 0.694. The lowest BCUT2D eigenvalue weighted by atomic mass is 10.2. The largest absolute Gasteiger partial charge is 0.486 e. The number of aromatic amines is 1. The average molecular weight is 366 g/mol. The molecule has 0 atom stereocenters. The molecule has 0 bridgehead atoms. The van der Waals surface area contributed by atoms with Crippen molar-refractivity contribution in [1.29, 1.82) is 0 Å². The molecule has 1 aromatic heterocycles. The van der Waals surface area contributed by atoms with E-state index >= 15 is 0 Å². The van der Waals surface area contributed by atoms with Crippen LogP contribution in [0.3, 0.4) is 0 Å². The maximum Gasteiger partial charge on any atom is 0.163 e. The molecule has 0 radical (unpaired) electrons. The molecule has 0 spiro atoms. The summed E-state index contributed by atoms with van der Waals surface area (Å²) in [4.78, 5) is 7.89. The maximum absolute atomic E-state index is 6.09. The third-order valence-corrected chi connectivity index (χ3v) is 3.96. The second-order valence-corrected chi connectivity index (χ2v) is 6.11. The van der Waals surface area contributed by atoms with Crippen molar-refractivity contribution >= 4 is 38.6 Å². The molecule has 0 fully saturated rings. The summed E-state index contributed by atoms with van der Waals surface area (Å²) < 4.78 is 12.1. The standard InChI is InChI=1S/C15H10BrClN2O2/c16-9-3-8(4-10(17)5-9)15-18-11-6-13-14(7-12(11)19-15)21-2-1-20-13/h3-7H,1-2H2,(H,18,19).